The highest BCUT2D eigenvalue weighted by Crippen LogP contribution is 2.32. The van der Waals surface area contributed by atoms with Gasteiger partial charge in [0.25, 0.3) is 5.69 Å². The first-order valence-electron chi connectivity index (χ1n) is 12.4. The molecule has 0 amide bonds. The molecule has 212 valence electrons. The van der Waals surface area contributed by atoms with Gasteiger partial charge < -0.3 is 14.2 Å². The van der Waals surface area contributed by atoms with Gasteiger partial charge in [-0.3, -0.25) is 14.9 Å². The Kier molecular flexibility index (Phi) is 10.9. The van der Waals surface area contributed by atoms with Crippen molar-refractivity contribution in [3.8, 4) is 11.8 Å². The predicted molar refractivity (Wildman–Crippen MR) is 155 cm³/mol. The van der Waals surface area contributed by atoms with E-state index in [4.69, 9.17) is 14.2 Å². The van der Waals surface area contributed by atoms with E-state index in [9.17, 15) is 29.8 Å². The summed E-state index contributed by atoms with van der Waals surface area (Å²) in [5.74, 6) is -1.48. The molecule has 0 aliphatic heterocycles. The molecule has 41 heavy (non-hydrogen) atoms. The molecule has 3 aromatic rings. The standard InChI is InChI=1S/C29H25BrN2O8S/c1-4-38-28(34)26-17(3)27(29(35)39-5-2)41-25(26)14-23(33)20(15-31)12-19-13-21(30)8-11-24(19)40-16-18-6-9-22(10-7-18)32(36)37/h6-13H,4-5,14,16H2,1-3H3/b20-12+. The summed E-state index contributed by atoms with van der Waals surface area (Å²) in [5.41, 5.74) is 1.35. The summed E-state index contributed by atoms with van der Waals surface area (Å²) in [6.45, 7) is 5.22. The van der Waals surface area contributed by atoms with Crippen molar-refractivity contribution < 1.29 is 33.5 Å². The van der Waals surface area contributed by atoms with Crippen molar-refractivity contribution in [2.24, 2.45) is 0 Å². The molecule has 0 spiro atoms. The molecule has 0 saturated carbocycles. The van der Waals surface area contributed by atoms with Gasteiger partial charge in [0, 0.05) is 33.5 Å². The summed E-state index contributed by atoms with van der Waals surface area (Å²) >= 11 is 4.34. The van der Waals surface area contributed by atoms with Crippen molar-refractivity contribution in [2.75, 3.05) is 13.2 Å². The van der Waals surface area contributed by atoms with Crippen LogP contribution in [0.5, 0.6) is 5.75 Å². The molecular weight excluding hydrogens is 616 g/mol. The summed E-state index contributed by atoms with van der Waals surface area (Å²) in [4.78, 5) is 49.3. The lowest BCUT2D eigenvalue weighted by Crippen LogP contribution is -2.12. The molecule has 0 bridgehead atoms. The monoisotopic (exact) mass is 640 g/mol. The number of hydrogen-bond donors (Lipinski definition) is 0. The number of carbonyl (C=O) groups excluding carboxylic acids is 3. The fraction of sp³-hybridized carbons (Fsp3) is 0.241. The number of ketones is 1. The van der Waals surface area contributed by atoms with E-state index in [0.29, 0.717) is 31.8 Å². The van der Waals surface area contributed by atoms with Gasteiger partial charge in [-0.15, -0.1) is 11.3 Å². The van der Waals surface area contributed by atoms with E-state index in [1.165, 1.54) is 18.2 Å². The fourth-order valence-corrected chi connectivity index (χ4v) is 5.33. The van der Waals surface area contributed by atoms with Crippen LogP contribution >= 0.6 is 27.3 Å². The lowest BCUT2D eigenvalue weighted by Gasteiger charge is -2.11. The largest absolute Gasteiger partial charge is 0.488 e. The number of hydrogen-bond acceptors (Lipinski definition) is 10. The second-order valence-corrected chi connectivity index (χ2v) is 10.5. The zero-order chi connectivity index (χ0) is 30.1. The van der Waals surface area contributed by atoms with Gasteiger partial charge in [0.2, 0.25) is 0 Å². The van der Waals surface area contributed by atoms with Crippen molar-refractivity contribution >= 4 is 56.8 Å². The molecule has 0 radical (unpaired) electrons. The summed E-state index contributed by atoms with van der Waals surface area (Å²) in [7, 11) is 0. The normalized spacial score (nSPS) is 11.0. The van der Waals surface area contributed by atoms with Crippen LogP contribution in [0.1, 0.15) is 55.4 Å². The number of benzene rings is 2. The molecule has 0 aliphatic carbocycles. The Morgan fingerprint density at radius 1 is 1.07 bits per heavy atom. The quantitative estimate of drug-likeness (QED) is 0.0723. The van der Waals surface area contributed by atoms with E-state index in [-0.39, 0.29) is 47.9 Å². The lowest BCUT2D eigenvalue weighted by molar-refractivity contribution is -0.384. The van der Waals surface area contributed by atoms with Gasteiger partial charge in [-0.25, -0.2) is 9.59 Å². The molecule has 10 nitrogen and oxygen atoms in total. The number of Topliss-reactive ketones (excluding diaryl/α,β-unsaturated/α-hetero) is 1. The number of non-ortho nitro benzene ring substituents is 1. The Hall–Kier alpha value is -4.34. The molecule has 1 aromatic heterocycles. The second kappa shape index (κ2) is 14.3. The van der Waals surface area contributed by atoms with Crippen LogP contribution < -0.4 is 4.74 Å². The molecule has 0 unspecified atom stereocenters. The van der Waals surface area contributed by atoms with E-state index >= 15 is 0 Å². The van der Waals surface area contributed by atoms with Crippen LogP contribution in [0.3, 0.4) is 0 Å². The first-order valence-corrected chi connectivity index (χ1v) is 14.0. The molecule has 0 atom stereocenters. The van der Waals surface area contributed by atoms with Gasteiger partial charge in [-0.1, -0.05) is 15.9 Å². The van der Waals surface area contributed by atoms with Crippen LogP contribution in [-0.4, -0.2) is 35.9 Å². The Morgan fingerprint density at radius 2 is 1.73 bits per heavy atom. The van der Waals surface area contributed by atoms with Gasteiger partial charge in [0.15, 0.2) is 5.78 Å². The molecular formula is C29H25BrN2O8S. The van der Waals surface area contributed by atoms with Crippen molar-refractivity contribution in [2.45, 2.75) is 33.8 Å². The predicted octanol–water partition coefficient (Wildman–Crippen LogP) is 6.38. The van der Waals surface area contributed by atoms with Gasteiger partial charge in [0.1, 0.15) is 23.3 Å². The third-order valence-electron chi connectivity index (χ3n) is 5.72. The number of allylic oxidation sites excluding steroid dienone is 1. The number of thiophene rings is 1. The summed E-state index contributed by atoms with van der Waals surface area (Å²) in [6, 6.07) is 12.9. The number of nitro groups is 1. The van der Waals surface area contributed by atoms with Gasteiger partial charge in [-0.2, -0.15) is 5.26 Å². The molecule has 2 aromatic carbocycles. The van der Waals surface area contributed by atoms with Crippen molar-refractivity contribution in [1.82, 2.24) is 0 Å². The summed E-state index contributed by atoms with van der Waals surface area (Å²) < 4.78 is 16.8. The van der Waals surface area contributed by atoms with E-state index < -0.39 is 22.6 Å². The van der Waals surface area contributed by atoms with Crippen molar-refractivity contribution in [1.29, 1.82) is 5.26 Å². The molecule has 0 aliphatic rings. The first kappa shape index (κ1) is 31.2. The molecule has 0 fully saturated rings. The average molecular weight is 641 g/mol. The van der Waals surface area contributed by atoms with Gasteiger partial charge in [-0.05, 0) is 68.3 Å². The number of rotatable bonds is 12. The number of nitriles is 1. The number of nitrogens with zero attached hydrogens (tertiary/aromatic N) is 2. The number of nitro benzene ring substituents is 1. The maximum atomic E-state index is 13.3. The van der Waals surface area contributed by atoms with Crippen LogP contribution in [-0.2, 0) is 27.3 Å². The van der Waals surface area contributed by atoms with Crippen LogP contribution in [0, 0.1) is 28.4 Å². The zero-order valence-corrected chi connectivity index (χ0v) is 24.8. The minimum Gasteiger partial charge on any atom is -0.488 e. The van der Waals surface area contributed by atoms with Gasteiger partial charge >= 0.3 is 11.9 Å². The minimum atomic E-state index is -0.670. The third-order valence-corrected chi connectivity index (χ3v) is 7.48. The van der Waals surface area contributed by atoms with E-state index in [1.54, 1.807) is 51.1 Å². The highest BCUT2D eigenvalue weighted by atomic mass is 79.9. The maximum Gasteiger partial charge on any atom is 0.348 e. The van der Waals surface area contributed by atoms with E-state index in [0.717, 1.165) is 11.3 Å². The Bertz CT molecular complexity index is 1550. The van der Waals surface area contributed by atoms with Gasteiger partial charge in [0.05, 0.1) is 29.3 Å². The Balaban J connectivity index is 1.91. The van der Waals surface area contributed by atoms with Crippen LogP contribution in [0.25, 0.3) is 6.08 Å². The minimum absolute atomic E-state index is 0.0420. The molecule has 12 heteroatoms. The first-order chi connectivity index (χ1) is 19.6. The number of esters is 2. The topological polar surface area (TPSA) is 146 Å². The highest BCUT2D eigenvalue weighted by Gasteiger charge is 2.28. The average Bonchev–Trinajstić information content (AvgIpc) is 3.27. The van der Waals surface area contributed by atoms with E-state index in [1.807, 2.05) is 6.07 Å². The fourth-order valence-electron chi connectivity index (χ4n) is 3.77. The SMILES string of the molecule is CCOC(=O)c1sc(CC(=O)/C(C#N)=C/c2cc(Br)ccc2OCc2ccc([N+](=O)[O-])cc2)c(C(=O)OCC)c1C. The number of halogens is 1. The lowest BCUT2D eigenvalue weighted by atomic mass is 10.0. The smallest absolute Gasteiger partial charge is 0.348 e. The van der Waals surface area contributed by atoms with Crippen LogP contribution in [0.2, 0.25) is 0 Å². The van der Waals surface area contributed by atoms with Crippen molar-refractivity contribution in [3.63, 3.8) is 0 Å². The Morgan fingerprint density at radius 3 is 2.34 bits per heavy atom. The van der Waals surface area contributed by atoms with Crippen molar-refractivity contribution in [3.05, 3.63) is 94.6 Å². The number of carbonyl (C=O) groups is 3. The Labute approximate surface area is 248 Å². The maximum absolute atomic E-state index is 13.3. The summed E-state index contributed by atoms with van der Waals surface area (Å²) in [5, 5.41) is 20.7. The van der Waals surface area contributed by atoms with Crippen LogP contribution in [0.15, 0.2) is 52.5 Å². The molecule has 3 rings (SSSR count). The molecule has 1 heterocycles. The van der Waals surface area contributed by atoms with E-state index in [2.05, 4.69) is 15.9 Å². The highest BCUT2D eigenvalue weighted by molar-refractivity contribution is 9.10. The summed E-state index contributed by atoms with van der Waals surface area (Å²) in [6.07, 6.45) is 1.07. The zero-order valence-electron chi connectivity index (χ0n) is 22.4. The molecule has 0 saturated heterocycles. The number of ether oxygens (including phenoxy) is 3. The third kappa shape index (κ3) is 7.87. The molecule has 0 N–H and O–H groups in total. The second-order valence-electron chi connectivity index (χ2n) is 8.46. The van der Waals surface area contributed by atoms with Crippen LogP contribution in [0.4, 0.5) is 5.69 Å².